The minimum absolute atomic E-state index is 0.0551. The van der Waals surface area contributed by atoms with Gasteiger partial charge in [0.1, 0.15) is 5.00 Å². The summed E-state index contributed by atoms with van der Waals surface area (Å²) in [6.07, 6.45) is 0. The van der Waals surface area contributed by atoms with Gasteiger partial charge in [-0.3, -0.25) is 4.79 Å². The maximum Gasteiger partial charge on any atom is 0.177 e. The molecule has 114 valence electrons. The third-order valence-corrected chi connectivity index (χ3v) is 4.45. The monoisotopic (exact) mass is 299 g/mol. The van der Waals surface area contributed by atoms with E-state index in [4.69, 9.17) is 10.5 Å². The van der Waals surface area contributed by atoms with E-state index in [9.17, 15) is 4.79 Å². The lowest BCUT2D eigenvalue weighted by atomic mass is 10.1. The van der Waals surface area contributed by atoms with Gasteiger partial charge in [0.2, 0.25) is 0 Å². The Hall–Kier alpha value is -1.27. The first-order valence-electron chi connectivity index (χ1n) is 6.70. The van der Waals surface area contributed by atoms with Crippen LogP contribution in [0.2, 0.25) is 0 Å². The average molecular weight is 299 g/mol. The molecule has 1 aromatic heterocycles. The molecule has 1 aromatic rings. The number of thiophene rings is 1. The molecular formula is C14H25N3O2S. The highest BCUT2D eigenvalue weighted by Crippen LogP contribution is 2.43. The topological polar surface area (TPSA) is 67.6 Å². The van der Waals surface area contributed by atoms with Crippen LogP contribution in [0.15, 0.2) is 0 Å². The predicted molar refractivity (Wildman–Crippen MR) is 86.1 cm³/mol. The van der Waals surface area contributed by atoms with E-state index in [-0.39, 0.29) is 11.7 Å². The van der Waals surface area contributed by atoms with Crippen LogP contribution >= 0.6 is 11.3 Å². The second-order valence-electron chi connectivity index (χ2n) is 5.42. The molecular weight excluding hydrogens is 274 g/mol. The zero-order chi connectivity index (χ0) is 15.4. The largest absolute Gasteiger partial charge is 0.492 e. The number of hydrogen-bond donors (Lipinski definition) is 2. The molecule has 0 aromatic carbocycles. The van der Waals surface area contributed by atoms with Gasteiger partial charge in [0, 0.05) is 18.5 Å². The Morgan fingerprint density at radius 3 is 2.45 bits per heavy atom. The lowest BCUT2D eigenvalue weighted by molar-refractivity contribution is 0.0944. The summed E-state index contributed by atoms with van der Waals surface area (Å²) in [6, 6.07) is 0.368. The summed E-state index contributed by atoms with van der Waals surface area (Å²) < 4.78 is 5.34. The molecule has 0 bridgehead atoms. The lowest BCUT2D eigenvalue weighted by Gasteiger charge is -2.20. The molecule has 1 atom stereocenters. The number of ketones is 1. The third-order valence-electron chi connectivity index (χ3n) is 3.29. The van der Waals surface area contributed by atoms with Gasteiger partial charge in [-0.1, -0.05) is 13.8 Å². The molecule has 6 heteroatoms. The molecule has 1 unspecified atom stereocenters. The lowest BCUT2D eigenvalue weighted by Crippen LogP contribution is -2.31. The van der Waals surface area contributed by atoms with Gasteiger partial charge in [0.05, 0.1) is 17.7 Å². The van der Waals surface area contributed by atoms with Crippen LogP contribution in [-0.4, -0.2) is 44.5 Å². The number of methoxy groups -OCH3 is 1. The number of rotatable bonds is 7. The molecule has 0 saturated carbocycles. The molecule has 0 aliphatic carbocycles. The first-order valence-corrected chi connectivity index (χ1v) is 7.52. The van der Waals surface area contributed by atoms with Crippen LogP contribution in [-0.2, 0) is 0 Å². The highest BCUT2D eigenvalue weighted by Gasteiger charge is 2.23. The van der Waals surface area contributed by atoms with E-state index in [1.54, 1.807) is 7.11 Å². The number of nitrogens with two attached hydrogens (primary N) is 1. The fourth-order valence-electron chi connectivity index (χ4n) is 1.62. The van der Waals surface area contributed by atoms with Gasteiger partial charge in [0.15, 0.2) is 11.5 Å². The van der Waals surface area contributed by atoms with Crippen molar-refractivity contribution in [1.29, 1.82) is 0 Å². The zero-order valence-corrected chi connectivity index (χ0v) is 13.9. The quantitative estimate of drug-likeness (QED) is 0.757. The van der Waals surface area contributed by atoms with Crippen molar-refractivity contribution in [3.8, 4) is 5.75 Å². The first-order chi connectivity index (χ1) is 9.29. The van der Waals surface area contributed by atoms with Crippen LogP contribution in [0.1, 0.15) is 30.4 Å². The second-order valence-corrected chi connectivity index (χ2v) is 6.44. The number of nitrogens with zero attached hydrogens (tertiary/aromatic N) is 1. The average Bonchev–Trinajstić information content (AvgIpc) is 2.70. The molecule has 1 heterocycles. The zero-order valence-electron chi connectivity index (χ0n) is 13.1. The van der Waals surface area contributed by atoms with Crippen LogP contribution in [0.25, 0.3) is 0 Å². The van der Waals surface area contributed by atoms with Crippen molar-refractivity contribution >= 4 is 27.8 Å². The molecule has 0 amide bonds. The highest BCUT2D eigenvalue weighted by atomic mass is 32.1. The normalized spacial score (nSPS) is 12.8. The van der Waals surface area contributed by atoms with Crippen molar-refractivity contribution in [2.75, 3.05) is 38.8 Å². The number of hydrogen-bond acceptors (Lipinski definition) is 6. The number of anilines is 2. The van der Waals surface area contributed by atoms with Crippen LogP contribution in [0, 0.1) is 5.92 Å². The van der Waals surface area contributed by atoms with Crippen molar-refractivity contribution < 1.29 is 9.53 Å². The molecule has 1 rings (SSSR count). The number of nitrogen functional groups attached to an aromatic ring is 1. The Balaban J connectivity index is 2.97. The summed E-state index contributed by atoms with van der Waals surface area (Å²) in [4.78, 5) is 14.8. The maximum absolute atomic E-state index is 12.1. The highest BCUT2D eigenvalue weighted by molar-refractivity contribution is 7.19. The molecule has 20 heavy (non-hydrogen) atoms. The van der Waals surface area contributed by atoms with Gasteiger partial charge in [-0.15, -0.1) is 11.3 Å². The summed E-state index contributed by atoms with van der Waals surface area (Å²) in [5.74, 6) is 0.554. The van der Waals surface area contributed by atoms with E-state index in [0.717, 1.165) is 11.5 Å². The molecule has 0 spiro atoms. The number of carbonyl (C=O) groups excluding carboxylic acids is 1. The first kappa shape index (κ1) is 16.8. The minimum Gasteiger partial charge on any atom is -0.492 e. The number of likely N-dealkylation sites (N-methyl/N-ethyl adjacent to an activating group) is 1. The number of nitrogens with one attached hydrogen (secondary N) is 1. The van der Waals surface area contributed by atoms with Crippen LogP contribution in [0.3, 0.4) is 0 Å². The van der Waals surface area contributed by atoms with Gasteiger partial charge >= 0.3 is 0 Å². The summed E-state index contributed by atoms with van der Waals surface area (Å²) >= 11 is 1.37. The SMILES string of the molecule is COc1c(NCC(C)N(C)C)sc(C(=O)C(C)C)c1N. The van der Waals surface area contributed by atoms with E-state index in [0.29, 0.717) is 22.4 Å². The standard InChI is InChI=1S/C14H25N3O2S/c1-8(2)11(18)13-10(15)12(19-6)14(20-13)16-7-9(3)17(4)5/h8-9,16H,7,15H2,1-6H3. The van der Waals surface area contributed by atoms with E-state index in [1.807, 2.05) is 27.9 Å². The molecule has 3 N–H and O–H groups in total. The molecule has 0 aliphatic rings. The molecule has 0 aliphatic heterocycles. The Labute approximate surface area is 125 Å². The molecule has 0 fully saturated rings. The fraction of sp³-hybridized carbons (Fsp3) is 0.643. The molecule has 5 nitrogen and oxygen atoms in total. The number of carbonyl (C=O) groups is 1. The fourth-order valence-corrected chi connectivity index (χ4v) is 2.80. The van der Waals surface area contributed by atoms with E-state index in [1.165, 1.54) is 11.3 Å². The smallest absolute Gasteiger partial charge is 0.177 e. The van der Waals surface area contributed by atoms with E-state index in [2.05, 4.69) is 17.1 Å². The maximum atomic E-state index is 12.1. The summed E-state index contributed by atoms with van der Waals surface area (Å²) in [5, 5.41) is 4.14. The van der Waals surface area contributed by atoms with Crippen molar-refractivity contribution in [3.05, 3.63) is 4.88 Å². The Bertz CT molecular complexity index is 469. The summed E-state index contributed by atoms with van der Waals surface area (Å²) in [7, 11) is 5.63. The van der Waals surface area contributed by atoms with Gasteiger partial charge < -0.3 is 20.7 Å². The van der Waals surface area contributed by atoms with Crippen LogP contribution in [0.5, 0.6) is 5.75 Å². The Morgan fingerprint density at radius 2 is 2.00 bits per heavy atom. The van der Waals surface area contributed by atoms with E-state index >= 15 is 0 Å². The van der Waals surface area contributed by atoms with E-state index < -0.39 is 0 Å². The second kappa shape index (κ2) is 6.95. The minimum atomic E-state index is -0.0748. The summed E-state index contributed by atoms with van der Waals surface area (Å²) in [5.41, 5.74) is 6.47. The van der Waals surface area contributed by atoms with Gasteiger partial charge in [-0.2, -0.15) is 0 Å². The van der Waals surface area contributed by atoms with Crippen LogP contribution in [0.4, 0.5) is 10.7 Å². The van der Waals surface area contributed by atoms with Crippen molar-refractivity contribution in [1.82, 2.24) is 4.90 Å². The predicted octanol–water partition coefficient (Wildman–Crippen LogP) is 2.54. The number of Topliss-reactive ketones (excluding diaryl/α,β-unsaturated/α-hetero) is 1. The molecule has 0 radical (unpaired) electrons. The summed E-state index contributed by atoms with van der Waals surface area (Å²) in [6.45, 7) is 6.62. The van der Waals surface area contributed by atoms with Crippen molar-refractivity contribution in [3.63, 3.8) is 0 Å². The van der Waals surface area contributed by atoms with Crippen molar-refractivity contribution in [2.24, 2.45) is 5.92 Å². The van der Waals surface area contributed by atoms with Gasteiger partial charge in [-0.05, 0) is 21.0 Å². The van der Waals surface area contributed by atoms with Crippen molar-refractivity contribution in [2.45, 2.75) is 26.8 Å². The van der Waals surface area contributed by atoms with Crippen LogP contribution < -0.4 is 15.8 Å². The molecule has 0 saturated heterocycles. The Morgan fingerprint density at radius 1 is 1.40 bits per heavy atom. The third kappa shape index (κ3) is 3.64. The van der Waals surface area contributed by atoms with Gasteiger partial charge in [-0.25, -0.2) is 0 Å². The van der Waals surface area contributed by atoms with Gasteiger partial charge in [0.25, 0.3) is 0 Å². The Kier molecular flexibility index (Phi) is 5.83. The number of ether oxygens (including phenoxy) is 1.